The van der Waals surface area contributed by atoms with E-state index in [1.54, 1.807) is 0 Å². The van der Waals surface area contributed by atoms with Crippen molar-refractivity contribution in [1.29, 1.82) is 0 Å². The lowest BCUT2D eigenvalue weighted by Gasteiger charge is -2.21. The van der Waals surface area contributed by atoms with E-state index >= 15 is 0 Å². The highest BCUT2D eigenvalue weighted by Crippen LogP contribution is 2.38. The van der Waals surface area contributed by atoms with Crippen LogP contribution in [0.5, 0.6) is 0 Å². The van der Waals surface area contributed by atoms with Gasteiger partial charge in [-0.25, -0.2) is 9.97 Å². The number of fused-ring (bicyclic) bond motifs is 8. The monoisotopic (exact) mass is 655 g/mol. The summed E-state index contributed by atoms with van der Waals surface area (Å²) in [6, 6.07) is 59.0. The van der Waals surface area contributed by atoms with Crippen molar-refractivity contribution in [1.82, 2.24) is 14.5 Å². The van der Waals surface area contributed by atoms with Gasteiger partial charge < -0.3 is 4.57 Å². The molecule has 0 aliphatic carbocycles. The van der Waals surface area contributed by atoms with E-state index in [-0.39, 0.29) is 0 Å². The molecule has 2 aromatic heterocycles. The Morgan fingerprint density at radius 2 is 1.14 bits per heavy atom. The van der Waals surface area contributed by atoms with Crippen LogP contribution in [-0.2, 0) is 0 Å². The van der Waals surface area contributed by atoms with Crippen molar-refractivity contribution in [2.75, 3.05) is 0 Å². The van der Waals surface area contributed by atoms with Gasteiger partial charge in [0.1, 0.15) is 8.07 Å². The number of hydrogen-bond acceptors (Lipinski definition) is 2. The lowest BCUT2D eigenvalue weighted by molar-refractivity contribution is 1.18. The Balaban J connectivity index is 1.17. The maximum Gasteiger partial charge on any atom is 0.160 e. The molecule has 0 fully saturated rings. The second-order valence-electron chi connectivity index (χ2n) is 13.8. The third-order valence-corrected chi connectivity index (χ3v) is 14.1. The van der Waals surface area contributed by atoms with Crippen molar-refractivity contribution >= 4 is 51.2 Å². The van der Waals surface area contributed by atoms with Crippen molar-refractivity contribution in [2.24, 2.45) is 0 Å². The lowest BCUT2D eigenvalue weighted by Crippen LogP contribution is -2.49. The highest BCUT2D eigenvalue weighted by Gasteiger charge is 2.39. The Kier molecular flexibility index (Phi) is 6.33. The quantitative estimate of drug-likeness (QED) is 0.177. The second kappa shape index (κ2) is 11.0. The summed E-state index contributed by atoms with van der Waals surface area (Å²) in [5, 5.41) is 6.49. The van der Waals surface area contributed by atoms with Gasteiger partial charge in [-0.05, 0) is 69.0 Å². The SMILES string of the molecule is C[Si]1(C)c2ccccc2-c2ccc3c(-c4ccccc4)nc(-c4cccc(-c5ccc6c(c5)c5ccccc5n6-c5ccccc5)c4)nc3c21. The van der Waals surface area contributed by atoms with Gasteiger partial charge in [0.05, 0.1) is 22.2 Å². The first-order valence-corrected chi connectivity index (χ1v) is 20.3. The minimum absolute atomic E-state index is 0.758. The molecular weight excluding hydrogens is 623 g/mol. The Labute approximate surface area is 292 Å². The normalized spacial score (nSPS) is 13.2. The van der Waals surface area contributed by atoms with Gasteiger partial charge in [-0.3, -0.25) is 0 Å². The first kappa shape index (κ1) is 28.9. The maximum atomic E-state index is 5.46. The van der Waals surface area contributed by atoms with Crippen molar-refractivity contribution in [2.45, 2.75) is 13.1 Å². The number of para-hydroxylation sites is 2. The molecule has 0 saturated carbocycles. The predicted octanol–water partition coefficient (Wildman–Crippen LogP) is 10.5. The van der Waals surface area contributed by atoms with E-state index in [0.29, 0.717) is 0 Å². The molecule has 7 aromatic carbocycles. The molecule has 1 aliphatic heterocycles. The summed E-state index contributed by atoms with van der Waals surface area (Å²) in [7, 11) is -2.02. The molecule has 3 heterocycles. The Hall–Kier alpha value is -6.10. The molecule has 0 N–H and O–H groups in total. The van der Waals surface area contributed by atoms with Crippen LogP contribution >= 0.6 is 0 Å². The van der Waals surface area contributed by atoms with Gasteiger partial charge in [0.15, 0.2) is 5.82 Å². The zero-order valence-electron chi connectivity index (χ0n) is 27.9. The zero-order chi connectivity index (χ0) is 33.4. The molecular formula is C46H33N3Si. The van der Waals surface area contributed by atoms with Crippen LogP contribution < -0.4 is 10.4 Å². The molecule has 0 unspecified atom stereocenters. The first-order chi connectivity index (χ1) is 24.6. The van der Waals surface area contributed by atoms with E-state index in [1.165, 1.54) is 48.9 Å². The Bertz CT molecular complexity index is 2780. The third-order valence-electron chi connectivity index (χ3n) is 10.6. The Morgan fingerprint density at radius 3 is 2.00 bits per heavy atom. The summed E-state index contributed by atoms with van der Waals surface area (Å²) in [4.78, 5) is 10.8. The van der Waals surface area contributed by atoms with Crippen molar-refractivity contribution in [3.63, 3.8) is 0 Å². The molecule has 9 aromatic rings. The van der Waals surface area contributed by atoms with Crippen LogP contribution in [0.1, 0.15) is 0 Å². The molecule has 4 heteroatoms. The van der Waals surface area contributed by atoms with Crippen LogP contribution in [0.4, 0.5) is 0 Å². The average molecular weight is 656 g/mol. The molecule has 50 heavy (non-hydrogen) atoms. The van der Waals surface area contributed by atoms with Crippen LogP contribution in [0.15, 0.2) is 164 Å². The topological polar surface area (TPSA) is 30.7 Å². The van der Waals surface area contributed by atoms with Crippen LogP contribution in [0, 0.1) is 0 Å². The van der Waals surface area contributed by atoms with E-state index in [2.05, 4.69) is 181 Å². The third kappa shape index (κ3) is 4.28. The largest absolute Gasteiger partial charge is 0.309 e. The molecule has 236 valence electrons. The molecule has 0 atom stereocenters. The summed E-state index contributed by atoms with van der Waals surface area (Å²) in [5.74, 6) is 0.758. The van der Waals surface area contributed by atoms with E-state index in [0.717, 1.165) is 44.8 Å². The Morgan fingerprint density at radius 1 is 0.460 bits per heavy atom. The summed E-state index contributed by atoms with van der Waals surface area (Å²) >= 11 is 0. The summed E-state index contributed by atoms with van der Waals surface area (Å²) in [5.41, 5.74) is 12.7. The van der Waals surface area contributed by atoms with Gasteiger partial charge in [0, 0.05) is 33.0 Å². The van der Waals surface area contributed by atoms with E-state index in [9.17, 15) is 0 Å². The molecule has 0 spiro atoms. The van der Waals surface area contributed by atoms with Crippen LogP contribution in [0.3, 0.4) is 0 Å². The highest BCUT2D eigenvalue weighted by molar-refractivity contribution is 7.05. The van der Waals surface area contributed by atoms with Gasteiger partial charge in [0.25, 0.3) is 0 Å². The van der Waals surface area contributed by atoms with Crippen LogP contribution in [-0.4, -0.2) is 22.6 Å². The number of nitrogens with zero attached hydrogens (tertiary/aromatic N) is 3. The van der Waals surface area contributed by atoms with Crippen LogP contribution in [0.25, 0.3) is 83.3 Å². The van der Waals surface area contributed by atoms with Crippen molar-refractivity contribution in [3.05, 3.63) is 164 Å². The number of benzene rings is 7. The predicted molar refractivity (Wildman–Crippen MR) is 212 cm³/mol. The molecule has 0 amide bonds. The smallest absolute Gasteiger partial charge is 0.160 e. The van der Waals surface area contributed by atoms with Gasteiger partial charge in [-0.15, -0.1) is 0 Å². The molecule has 10 rings (SSSR count). The molecule has 0 radical (unpaired) electrons. The summed E-state index contributed by atoms with van der Waals surface area (Å²) in [6.45, 7) is 4.93. The van der Waals surface area contributed by atoms with Crippen molar-refractivity contribution in [3.8, 4) is 50.6 Å². The van der Waals surface area contributed by atoms with E-state index in [1.807, 2.05) is 0 Å². The highest BCUT2D eigenvalue weighted by atomic mass is 28.3. The standard InChI is InChI=1S/C46H33N3Si/c1-50(2)42-23-12-10-21-36(42)37-25-26-38-43(30-14-5-3-6-15-30)47-46(48-44(38)45(37)50)33-17-13-16-31(28-33)32-24-27-41-39(29-32)35-20-9-11-22-40(35)49(41)34-18-7-4-8-19-34/h3-29H,1-2H3. The molecule has 0 bridgehead atoms. The maximum absolute atomic E-state index is 5.46. The lowest BCUT2D eigenvalue weighted by atomic mass is 9.99. The van der Waals surface area contributed by atoms with E-state index < -0.39 is 8.07 Å². The number of hydrogen-bond donors (Lipinski definition) is 0. The molecule has 3 nitrogen and oxygen atoms in total. The number of aromatic nitrogens is 3. The van der Waals surface area contributed by atoms with Gasteiger partial charge >= 0.3 is 0 Å². The second-order valence-corrected chi connectivity index (χ2v) is 18.1. The van der Waals surface area contributed by atoms with E-state index in [4.69, 9.17) is 9.97 Å². The van der Waals surface area contributed by atoms with Gasteiger partial charge in [-0.2, -0.15) is 0 Å². The summed E-state index contributed by atoms with van der Waals surface area (Å²) in [6.07, 6.45) is 0. The molecule has 1 aliphatic rings. The fraction of sp³-hybridized carbons (Fsp3) is 0.0435. The summed E-state index contributed by atoms with van der Waals surface area (Å²) < 4.78 is 2.36. The van der Waals surface area contributed by atoms with Gasteiger partial charge in [-0.1, -0.05) is 140 Å². The fourth-order valence-corrected chi connectivity index (χ4v) is 11.6. The number of rotatable bonds is 4. The van der Waals surface area contributed by atoms with Crippen molar-refractivity contribution < 1.29 is 0 Å². The van der Waals surface area contributed by atoms with Gasteiger partial charge in [0.2, 0.25) is 0 Å². The minimum atomic E-state index is -2.02. The zero-order valence-corrected chi connectivity index (χ0v) is 28.9. The minimum Gasteiger partial charge on any atom is -0.309 e. The molecule has 0 saturated heterocycles. The van der Waals surface area contributed by atoms with Crippen LogP contribution in [0.2, 0.25) is 13.1 Å². The fourth-order valence-electron chi connectivity index (χ4n) is 8.24. The first-order valence-electron chi connectivity index (χ1n) is 17.3. The average Bonchev–Trinajstić information content (AvgIpc) is 3.63.